The highest BCUT2D eigenvalue weighted by Crippen LogP contribution is 2.19. The highest BCUT2D eigenvalue weighted by Gasteiger charge is 2.13. The average molecular weight is 280 g/mol. The molecule has 7 nitrogen and oxygen atoms in total. The summed E-state index contributed by atoms with van der Waals surface area (Å²) >= 11 is 0. The Bertz CT molecular complexity index is 708. The molecule has 3 N–H and O–H groups in total. The van der Waals surface area contributed by atoms with Crippen molar-refractivity contribution in [3.8, 4) is 0 Å². The summed E-state index contributed by atoms with van der Waals surface area (Å²) in [6.45, 7) is 1.63. The van der Waals surface area contributed by atoms with Gasteiger partial charge in [0, 0.05) is 18.1 Å². The van der Waals surface area contributed by atoms with E-state index in [0.717, 1.165) is 0 Å². The maximum atomic E-state index is 11.8. The molecule has 0 spiro atoms. The third-order valence-electron chi connectivity index (χ3n) is 2.48. The van der Waals surface area contributed by atoms with Gasteiger partial charge >= 0.3 is 6.03 Å². The zero-order valence-electron chi connectivity index (χ0n) is 10.1. The van der Waals surface area contributed by atoms with Crippen molar-refractivity contribution in [1.82, 2.24) is 9.55 Å². The van der Waals surface area contributed by atoms with E-state index in [-0.39, 0.29) is 4.90 Å². The van der Waals surface area contributed by atoms with Crippen molar-refractivity contribution in [3.63, 3.8) is 0 Å². The number of amides is 1. The Kier molecular flexibility index (Phi) is 3.36. The first-order chi connectivity index (χ1) is 8.88. The number of imidazole rings is 1. The van der Waals surface area contributed by atoms with E-state index in [4.69, 9.17) is 5.14 Å². The van der Waals surface area contributed by atoms with Crippen molar-refractivity contribution in [2.75, 3.05) is 5.32 Å². The van der Waals surface area contributed by atoms with E-state index in [2.05, 4.69) is 10.3 Å². The largest absolute Gasteiger partial charge is 0.331 e. The summed E-state index contributed by atoms with van der Waals surface area (Å²) in [5, 5.41) is 7.64. The van der Waals surface area contributed by atoms with Gasteiger partial charge in [-0.05, 0) is 24.6 Å². The molecule has 0 fully saturated rings. The molecule has 100 valence electrons. The zero-order valence-corrected chi connectivity index (χ0v) is 10.9. The molecule has 0 aliphatic heterocycles. The number of nitrogens with two attached hydrogens (primary N) is 1. The van der Waals surface area contributed by atoms with Crippen molar-refractivity contribution in [2.24, 2.45) is 5.14 Å². The molecule has 2 rings (SSSR count). The van der Waals surface area contributed by atoms with Crippen LogP contribution in [-0.2, 0) is 10.0 Å². The number of sulfonamides is 1. The van der Waals surface area contributed by atoms with Crippen LogP contribution in [0.3, 0.4) is 0 Å². The second-order valence-corrected chi connectivity index (χ2v) is 5.46. The molecule has 1 aromatic heterocycles. The van der Waals surface area contributed by atoms with Gasteiger partial charge in [0.1, 0.15) is 6.33 Å². The number of primary sulfonamides is 1. The predicted octanol–water partition coefficient (Wildman–Crippen LogP) is 0.919. The summed E-state index contributed by atoms with van der Waals surface area (Å²) in [5.41, 5.74) is 0.858. The van der Waals surface area contributed by atoms with Crippen molar-refractivity contribution in [2.45, 2.75) is 11.8 Å². The first kappa shape index (κ1) is 13.2. The highest BCUT2D eigenvalue weighted by atomic mass is 32.2. The summed E-state index contributed by atoms with van der Waals surface area (Å²) in [6, 6.07) is 4.04. The molecule has 19 heavy (non-hydrogen) atoms. The molecule has 0 saturated heterocycles. The SMILES string of the molecule is Cc1ccc(NC(=O)n2ccnc2)cc1S(N)(=O)=O. The average Bonchev–Trinajstić information content (AvgIpc) is 2.83. The number of hydrogen-bond donors (Lipinski definition) is 2. The molecular weight excluding hydrogens is 268 g/mol. The van der Waals surface area contributed by atoms with Crippen LogP contribution in [0, 0.1) is 6.92 Å². The molecule has 0 aliphatic rings. The van der Waals surface area contributed by atoms with E-state index in [0.29, 0.717) is 11.3 Å². The molecule has 0 bridgehead atoms. The molecule has 0 saturated carbocycles. The molecule has 8 heteroatoms. The van der Waals surface area contributed by atoms with E-state index in [9.17, 15) is 13.2 Å². The van der Waals surface area contributed by atoms with Crippen LogP contribution in [0.1, 0.15) is 5.56 Å². The normalized spacial score (nSPS) is 11.3. The Labute approximate surface area is 110 Å². The summed E-state index contributed by atoms with van der Waals surface area (Å²) < 4.78 is 24.0. The van der Waals surface area contributed by atoms with Crippen molar-refractivity contribution in [1.29, 1.82) is 0 Å². The lowest BCUT2D eigenvalue weighted by atomic mass is 10.2. The maximum Gasteiger partial charge on any atom is 0.331 e. The molecule has 2 aromatic rings. The quantitative estimate of drug-likeness (QED) is 0.852. The van der Waals surface area contributed by atoms with E-state index in [1.165, 1.54) is 29.4 Å². The van der Waals surface area contributed by atoms with Crippen LogP contribution in [0.5, 0.6) is 0 Å². The molecule has 0 aliphatic carbocycles. The van der Waals surface area contributed by atoms with Crippen molar-refractivity contribution < 1.29 is 13.2 Å². The van der Waals surface area contributed by atoms with Gasteiger partial charge in [0.25, 0.3) is 0 Å². The fraction of sp³-hybridized carbons (Fsp3) is 0.0909. The monoisotopic (exact) mass is 280 g/mol. The van der Waals surface area contributed by atoms with Crippen LogP contribution in [-0.4, -0.2) is 24.0 Å². The van der Waals surface area contributed by atoms with E-state index in [1.54, 1.807) is 19.1 Å². The van der Waals surface area contributed by atoms with Crippen LogP contribution < -0.4 is 10.5 Å². The summed E-state index contributed by atoms with van der Waals surface area (Å²) in [5.74, 6) is 0. The lowest BCUT2D eigenvalue weighted by Gasteiger charge is -2.08. The molecule has 1 amide bonds. The highest BCUT2D eigenvalue weighted by molar-refractivity contribution is 7.89. The number of carbonyl (C=O) groups excluding carboxylic acids is 1. The number of nitrogens with one attached hydrogen (secondary N) is 1. The third kappa shape index (κ3) is 2.98. The van der Waals surface area contributed by atoms with E-state index < -0.39 is 16.1 Å². The number of hydrogen-bond acceptors (Lipinski definition) is 4. The first-order valence-electron chi connectivity index (χ1n) is 5.31. The third-order valence-corrected chi connectivity index (χ3v) is 3.54. The van der Waals surface area contributed by atoms with Gasteiger partial charge < -0.3 is 5.32 Å². The Hall–Kier alpha value is -2.19. The fourth-order valence-corrected chi connectivity index (χ4v) is 2.36. The molecule has 0 unspecified atom stereocenters. The summed E-state index contributed by atoms with van der Waals surface area (Å²) in [7, 11) is -3.82. The van der Waals surface area contributed by atoms with Gasteiger partial charge in [-0.1, -0.05) is 6.07 Å². The molecule has 0 radical (unpaired) electrons. The number of anilines is 1. The van der Waals surface area contributed by atoms with Gasteiger partial charge in [-0.2, -0.15) is 0 Å². The Balaban J connectivity index is 2.30. The maximum absolute atomic E-state index is 11.8. The Morgan fingerprint density at radius 1 is 1.42 bits per heavy atom. The van der Waals surface area contributed by atoms with Crippen LogP contribution in [0.2, 0.25) is 0 Å². The minimum absolute atomic E-state index is 0.0177. The van der Waals surface area contributed by atoms with Gasteiger partial charge in [0.05, 0.1) is 4.90 Å². The number of aryl methyl sites for hydroxylation is 1. The number of nitrogens with zero attached hydrogens (tertiary/aromatic N) is 2. The molecule has 1 heterocycles. The van der Waals surface area contributed by atoms with Gasteiger partial charge in [-0.15, -0.1) is 0 Å². The van der Waals surface area contributed by atoms with Crippen LogP contribution >= 0.6 is 0 Å². The van der Waals surface area contributed by atoms with Crippen LogP contribution in [0.15, 0.2) is 41.8 Å². The van der Waals surface area contributed by atoms with Crippen molar-refractivity contribution in [3.05, 3.63) is 42.5 Å². The van der Waals surface area contributed by atoms with Gasteiger partial charge in [-0.3, -0.25) is 4.57 Å². The minimum atomic E-state index is -3.82. The number of benzene rings is 1. The predicted molar refractivity (Wildman–Crippen MR) is 69.2 cm³/mol. The van der Waals surface area contributed by atoms with Crippen molar-refractivity contribution >= 4 is 21.7 Å². The van der Waals surface area contributed by atoms with E-state index >= 15 is 0 Å². The minimum Gasteiger partial charge on any atom is -0.307 e. The second kappa shape index (κ2) is 4.82. The molecular formula is C11H12N4O3S. The van der Waals surface area contributed by atoms with E-state index in [1.807, 2.05) is 0 Å². The molecule has 1 aromatic carbocycles. The number of carbonyl (C=O) groups is 1. The van der Waals surface area contributed by atoms with Gasteiger partial charge in [0.15, 0.2) is 0 Å². The lowest BCUT2D eigenvalue weighted by Crippen LogP contribution is -2.19. The lowest BCUT2D eigenvalue weighted by molar-refractivity contribution is 0.253. The topological polar surface area (TPSA) is 107 Å². The second-order valence-electron chi connectivity index (χ2n) is 3.93. The zero-order chi connectivity index (χ0) is 14.0. The summed E-state index contributed by atoms with van der Waals surface area (Å²) in [6.07, 6.45) is 4.28. The summed E-state index contributed by atoms with van der Waals surface area (Å²) in [4.78, 5) is 15.5. The first-order valence-corrected chi connectivity index (χ1v) is 6.85. The number of aromatic nitrogens is 2. The Morgan fingerprint density at radius 2 is 2.16 bits per heavy atom. The standard InChI is InChI=1S/C11H12N4O3S/c1-8-2-3-9(6-10(8)19(12,17)18)14-11(16)15-5-4-13-7-15/h2-7H,1H3,(H,14,16)(H2,12,17,18). The smallest absolute Gasteiger partial charge is 0.307 e. The fourth-order valence-electron chi connectivity index (χ4n) is 1.55. The molecule has 0 atom stereocenters. The van der Waals surface area contributed by atoms with Crippen LogP contribution in [0.25, 0.3) is 0 Å². The Morgan fingerprint density at radius 3 is 2.74 bits per heavy atom. The van der Waals surface area contributed by atoms with Gasteiger partial charge in [0.2, 0.25) is 10.0 Å². The number of rotatable bonds is 2. The van der Waals surface area contributed by atoms with Crippen LogP contribution in [0.4, 0.5) is 10.5 Å². The van der Waals surface area contributed by atoms with Gasteiger partial charge in [-0.25, -0.2) is 23.3 Å².